The van der Waals surface area contributed by atoms with E-state index in [9.17, 15) is 8.42 Å². The van der Waals surface area contributed by atoms with Gasteiger partial charge in [0.1, 0.15) is 5.52 Å². The second-order valence-electron chi connectivity index (χ2n) is 7.79. The van der Waals surface area contributed by atoms with Crippen molar-refractivity contribution in [3.05, 3.63) is 30.6 Å². The second kappa shape index (κ2) is 7.86. The van der Waals surface area contributed by atoms with Crippen LogP contribution in [0, 0.1) is 5.41 Å². The Balaban J connectivity index is 1.90. The molecule has 0 aliphatic carbocycles. The Bertz CT molecular complexity index is 1110. The van der Waals surface area contributed by atoms with Gasteiger partial charge in [0.05, 0.1) is 18.3 Å². The van der Waals surface area contributed by atoms with Crippen molar-refractivity contribution in [3.8, 4) is 0 Å². The Hall–Kier alpha value is -2.88. The summed E-state index contributed by atoms with van der Waals surface area (Å²) in [5.74, 6) is 1.03. The average molecular weight is 418 g/mol. The zero-order valence-corrected chi connectivity index (χ0v) is 18.1. The molecule has 0 aliphatic heterocycles. The van der Waals surface area contributed by atoms with Gasteiger partial charge < -0.3 is 15.6 Å². The molecule has 0 spiro atoms. The first-order valence-corrected chi connectivity index (χ1v) is 11.3. The number of H-pyrrole nitrogens is 1. The number of nitrogens with zero attached hydrogens (tertiary/aromatic N) is 3. The van der Waals surface area contributed by atoms with Crippen LogP contribution >= 0.6 is 0 Å². The van der Waals surface area contributed by atoms with Crippen LogP contribution in [-0.2, 0) is 10.0 Å². The molecule has 1 aromatic carbocycles. The molecule has 29 heavy (non-hydrogen) atoms. The van der Waals surface area contributed by atoms with Crippen LogP contribution in [0.4, 0.5) is 23.1 Å². The molecule has 3 aromatic rings. The monoisotopic (exact) mass is 417 g/mol. The zero-order valence-electron chi connectivity index (χ0n) is 17.2. The maximum absolute atomic E-state index is 11.5. The molecule has 0 radical (unpaired) electrons. The number of hydrogen-bond acceptors (Lipinski definition) is 7. The highest BCUT2D eigenvalue weighted by Crippen LogP contribution is 2.29. The Morgan fingerprint density at radius 2 is 1.93 bits per heavy atom. The number of fused-ring (bicyclic) bond motifs is 1. The third kappa shape index (κ3) is 5.14. The summed E-state index contributed by atoms with van der Waals surface area (Å²) in [6.45, 7) is 8.70. The molecule has 0 unspecified atom stereocenters. The number of rotatable bonds is 8. The molecule has 9 nitrogen and oxygen atoms in total. The lowest BCUT2D eigenvalue weighted by atomic mass is 9.83. The fourth-order valence-electron chi connectivity index (χ4n) is 2.70. The number of nitrogens with one attached hydrogen (secondary N) is 4. The Morgan fingerprint density at radius 1 is 1.21 bits per heavy atom. The van der Waals surface area contributed by atoms with Crippen LogP contribution in [0.15, 0.2) is 30.6 Å². The quantitative estimate of drug-likeness (QED) is 0.440. The fourth-order valence-corrected chi connectivity index (χ4v) is 3.26. The van der Waals surface area contributed by atoms with E-state index in [1.807, 2.05) is 6.07 Å². The summed E-state index contributed by atoms with van der Waals surface area (Å²) in [5, 5.41) is 6.60. The lowest BCUT2D eigenvalue weighted by molar-refractivity contribution is 0.306. The van der Waals surface area contributed by atoms with Crippen LogP contribution in [0.5, 0.6) is 0 Å². The van der Waals surface area contributed by atoms with Crippen LogP contribution in [0.2, 0.25) is 0 Å². The molecule has 2 heterocycles. The summed E-state index contributed by atoms with van der Waals surface area (Å²) in [6.07, 6.45) is 3.71. The predicted octanol–water partition coefficient (Wildman–Crippen LogP) is 3.70. The van der Waals surface area contributed by atoms with Crippen LogP contribution in [-0.4, -0.2) is 40.7 Å². The molecule has 0 fully saturated rings. The summed E-state index contributed by atoms with van der Waals surface area (Å²) >= 11 is 0. The van der Waals surface area contributed by atoms with E-state index in [0.717, 1.165) is 18.2 Å². The first-order chi connectivity index (χ1) is 13.6. The van der Waals surface area contributed by atoms with Gasteiger partial charge in [-0.3, -0.25) is 4.72 Å². The summed E-state index contributed by atoms with van der Waals surface area (Å²) < 4.78 is 25.4. The minimum Gasteiger partial charge on any atom is -0.365 e. The number of aromatic amines is 1. The van der Waals surface area contributed by atoms with Gasteiger partial charge in [0.15, 0.2) is 11.5 Å². The molecule has 156 valence electrons. The van der Waals surface area contributed by atoms with Crippen LogP contribution in [0.3, 0.4) is 0 Å². The normalized spacial score (nSPS) is 13.3. The summed E-state index contributed by atoms with van der Waals surface area (Å²) in [6, 6.07) is 7.07. The van der Waals surface area contributed by atoms with Crippen molar-refractivity contribution in [2.45, 2.75) is 40.2 Å². The predicted molar refractivity (Wildman–Crippen MR) is 117 cm³/mol. The van der Waals surface area contributed by atoms with Gasteiger partial charge in [-0.2, -0.15) is 9.97 Å². The number of anilines is 4. The second-order valence-corrected chi connectivity index (χ2v) is 9.53. The molecule has 3 rings (SSSR count). The van der Waals surface area contributed by atoms with Crippen molar-refractivity contribution in [3.63, 3.8) is 0 Å². The van der Waals surface area contributed by atoms with Gasteiger partial charge in [0.25, 0.3) is 0 Å². The van der Waals surface area contributed by atoms with E-state index in [2.05, 4.69) is 63.0 Å². The Labute approximate surface area is 170 Å². The van der Waals surface area contributed by atoms with Crippen LogP contribution in [0.1, 0.15) is 34.1 Å². The fraction of sp³-hybridized carbons (Fsp3) is 0.421. The topological polar surface area (TPSA) is 125 Å². The van der Waals surface area contributed by atoms with Crippen molar-refractivity contribution in [2.75, 3.05) is 21.6 Å². The van der Waals surface area contributed by atoms with Gasteiger partial charge in [-0.1, -0.05) is 26.8 Å². The minimum absolute atomic E-state index is 0.0799. The van der Waals surface area contributed by atoms with E-state index >= 15 is 0 Å². The highest BCUT2D eigenvalue weighted by atomic mass is 32.2. The third-order valence-electron chi connectivity index (χ3n) is 5.14. The molecule has 1 atom stereocenters. The van der Waals surface area contributed by atoms with Gasteiger partial charge in [-0.05, 0) is 37.0 Å². The lowest BCUT2D eigenvalue weighted by Gasteiger charge is -2.31. The molecule has 0 aliphatic rings. The average Bonchev–Trinajstić information content (AvgIpc) is 3.09. The molecule has 2 aromatic heterocycles. The van der Waals surface area contributed by atoms with E-state index in [-0.39, 0.29) is 11.5 Å². The van der Waals surface area contributed by atoms with Crippen LogP contribution in [0.25, 0.3) is 11.2 Å². The molecule has 0 amide bonds. The van der Waals surface area contributed by atoms with E-state index < -0.39 is 10.0 Å². The lowest BCUT2D eigenvalue weighted by Crippen LogP contribution is -2.33. The maximum atomic E-state index is 11.5. The molecular weight excluding hydrogens is 390 g/mol. The van der Waals surface area contributed by atoms with E-state index in [1.54, 1.807) is 24.5 Å². The number of aromatic nitrogens is 4. The van der Waals surface area contributed by atoms with E-state index in [1.165, 1.54) is 0 Å². The van der Waals surface area contributed by atoms with Gasteiger partial charge in [-0.15, -0.1) is 0 Å². The molecule has 0 saturated heterocycles. The number of imidazole rings is 1. The van der Waals surface area contributed by atoms with Crippen molar-refractivity contribution >= 4 is 44.3 Å². The standard InChI is InChI=1S/C19H27N7O2S/c1-6-19(3,4)12(2)22-17-15-16(21-11-20-15)24-18(25-17)23-13-8-7-9-14(10-13)26-29(5,27)28/h7-12,26H,6H2,1-5H3,(H3,20,21,22,23,24,25)/t12-/m1/s1. The van der Waals surface area contributed by atoms with Gasteiger partial charge in [0, 0.05) is 11.7 Å². The molecule has 0 saturated carbocycles. The largest absolute Gasteiger partial charge is 0.365 e. The van der Waals surface area contributed by atoms with Crippen molar-refractivity contribution in [1.29, 1.82) is 0 Å². The highest BCUT2D eigenvalue weighted by Gasteiger charge is 2.25. The van der Waals surface area contributed by atoms with Crippen molar-refractivity contribution in [2.24, 2.45) is 5.41 Å². The van der Waals surface area contributed by atoms with Gasteiger partial charge >= 0.3 is 0 Å². The maximum Gasteiger partial charge on any atom is 0.231 e. The summed E-state index contributed by atoms with van der Waals surface area (Å²) in [4.78, 5) is 16.4. The van der Waals surface area contributed by atoms with Crippen molar-refractivity contribution < 1.29 is 8.42 Å². The van der Waals surface area contributed by atoms with Gasteiger partial charge in [-0.25, -0.2) is 13.4 Å². The third-order valence-corrected chi connectivity index (χ3v) is 5.75. The summed E-state index contributed by atoms with van der Waals surface area (Å²) in [7, 11) is -3.36. The highest BCUT2D eigenvalue weighted by molar-refractivity contribution is 7.92. The SMILES string of the molecule is CCC(C)(C)[C@@H](C)Nc1nc(Nc2cccc(NS(C)(=O)=O)c2)nc2nc[nH]c12. The zero-order chi connectivity index (χ0) is 21.2. The van der Waals surface area contributed by atoms with Crippen molar-refractivity contribution in [1.82, 2.24) is 19.9 Å². The van der Waals surface area contributed by atoms with E-state index in [4.69, 9.17) is 0 Å². The first-order valence-electron chi connectivity index (χ1n) is 9.40. The van der Waals surface area contributed by atoms with E-state index in [0.29, 0.717) is 28.8 Å². The molecule has 4 N–H and O–H groups in total. The minimum atomic E-state index is -3.36. The number of hydrogen-bond donors (Lipinski definition) is 4. The molecule has 10 heteroatoms. The van der Waals surface area contributed by atoms with Crippen LogP contribution < -0.4 is 15.4 Å². The summed E-state index contributed by atoms with van der Waals surface area (Å²) in [5.41, 5.74) is 2.46. The molecule has 0 bridgehead atoms. The smallest absolute Gasteiger partial charge is 0.231 e. The Morgan fingerprint density at radius 3 is 2.62 bits per heavy atom. The van der Waals surface area contributed by atoms with Gasteiger partial charge in [0.2, 0.25) is 16.0 Å². The number of sulfonamides is 1. The first kappa shape index (κ1) is 20.8. The molecular formula is C19H27N7O2S. The Kier molecular flexibility index (Phi) is 5.65. The number of benzene rings is 1.